The van der Waals surface area contributed by atoms with E-state index >= 15 is 0 Å². The van der Waals surface area contributed by atoms with Crippen molar-refractivity contribution in [1.82, 2.24) is 4.31 Å². The molecular weight excluding hydrogens is 262 g/mol. The first kappa shape index (κ1) is 13.4. The number of sulfonamides is 1. The minimum absolute atomic E-state index is 0.0384. The predicted octanol–water partition coefficient (Wildman–Crippen LogP) is 2.01. The molecule has 0 aromatic carbocycles. The fourth-order valence-corrected chi connectivity index (χ4v) is 7.49. The fraction of sp³-hybridized carbons (Fsp3) is 0.929. The van der Waals surface area contributed by atoms with Gasteiger partial charge < -0.3 is 0 Å². The van der Waals surface area contributed by atoms with E-state index in [1.807, 2.05) is 0 Å². The molecule has 1 heterocycles. The highest BCUT2D eigenvalue weighted by molar-refractivity contribution is 7.90. The van der Waals surface area contributed by atoms with E-state index in [0.29, 0.717) is 5.92 Å². The molecule has 4 nitrogen and oxygen atoms in total. The van der Waals surface area contributed by atoms with E-state index in [1.165, 1.54) is 4.31 Å². The van der Waals surface area contributed by atoms with Gasteiger partial charge in [0.1, 0.15) is 0 Å². The van der Waals surface area contributed by atoms with Crippen molar-refractivity contribution in [3.8, 4) is 0 Å². The first-order chi connectivity index (χ1) is 8.63. The number of carbonyl (C=O) groups excluding carboxylic acids is 1. The van der Waals surface area contributed by atoms with E-state index < -0.39 is 10.0 Å². The van der Waals surface area contributed by atoms with Gasteiger partial charge in [-0.2, -0.15) is 0 Å². The molecule has 2 aliphatic carbocycles. The topological polar surface area (TPSA) is 54.5 Å². The quantitative estimate of drug-likeness (QED) is 0.740. The van der Waals surface area contributed by atoms with E-state index in [4.69, 9.17) is 0 Å². The molecular formula is C14H23NO3S. The summed E-state index contributed by atoms with van der Waals surface area (Å²) in [7, 11) is -3.42. The molecule has 108 valence electrons. The summed E-state index contributed by atoms with van der Waals surface area (Å²) in [6.07, 6.45) is 2.93. The van der Waals surface area contributed by atoms with Crippen LogP contribution in [0.5, 0.6) is 0 Å². The number of amides is 1. The van der Waals surface area contributed by atoms with Crippen molar-refractivity contribution in [2.45, 2.75) is 53.0 Å². The molecule has 2 bridgehead atoms. The molecule has 3 aliphatic rings. The van der Waals surface area contributed by atoms with Crippen molar-refractivity contribution in [3.05, 3.63) is 0 Å². The van der Waals surface area contributed by atoms with Crippen LogP contribution in [0.25, 0.3) is 0 Å². The number of nitrogens with zero attached hydrogens (tertiary/aromatic N) is 1. The van der Waals surface area contributed by atoms with Crippen LogP contribution in [0.4, 0.5) is 0 Å². The SMILES string of the molecule is CC(C)C(=O)N1[C@@H]2C[C@H]3CC[C@@]2(CS1(=O)=O)C3(C)C. The zero-order chi connectivity index (χ0) is 14.2. The Morgan fingerprint density at radius 2 is 1.95 bits per heavy atom. The Morgan fingerprint density at radius 3 is 2.47 bits per heavy atom. The fourth-order valence-electron chi connectivity index (χ4n) is 4.83. The Labute approximate surface area is 115 Å². The highest BCUT2D eigenvalue weighted by Gasteiger charge is 2.72. The Kier molecular flexibility index (Phi) is 2.50. The molecule has 0 N–H and O–H groups in total. The molecule has 1 aliphatic heterocycles. The number of hydrogen-bond donors (Lipinski definition) is 0. The second kappa shape index (κ2) is 3.54. The maximum Gasteiger partial charge on any atom is 0.238 e. The van der Waals surface area contributed by atoms with Gasteiger partial charge in [0.2, 0.25) is 15.9 Å². The van der Waals surface area contributed by atoms with Crippen LogP contribution in [0.1, 0.15) is 47.0 Å². The Hall–Kier alpha value is -0.580. The molecule has 0 aromatic heterocycles. The van der Waals surface area contributed by atoms with Gasteiger partial charge in [0, 0.05) is 11.3 Å². The number of rotatable bonds is 1. The Balaban J connectivity index is 2.09. The van der Waals surface area contributed by atoms with Gasteiger partial charge in [0.05, 0.1) is 11.8 Å². The minimum atomic E-state index is -3.42. The van der Waals surface area contributed by atoms with Gasteiger partial charge in [0.15, 0.2) is 0 Å². The Bertz CT molecular complexity index is 537. The lowest BCUT2D eigenvalue weighted by atomic mass is 9.69. The van der Waals surface area contributed by atoms with Crippen LogP contribution in [-0.2, 0) is 14.8 Å². The molecule has 0 aromatic rings. The van der Waals surface area contributed by atoms with Gasteiger partial charge in [-0.3, -0.25) is 4.79 Å². The summed E-state index contributed by atoms with van der Waals surface area (Å²) >= 11 is 0. The zero-order valence-electron chi connectivity index (χ0n) is 12.1. The third-order valence-electron chi connectivity index (χ3n) is 6.12. The van der Waals surface area contributed by atoms with E-state index in [9.17, 15) is 13.2 Å². The lowest BCUT2D eigenvalue weighted by Gasteiger charge is -2.37. The largest absolute Gasteiger partial charge is 0.274 e. The molecule has 5 heteroatoms. The number of fused-ring (bicyclic) bond motifs is 1. The molecule has 1 saturated heterocycles. The first-order valence-corrected chi connectivity index (χ1v) is 8.80. The van der Waals surface area contributed by atoms with Gasteiger partial charge in [-0.15, -0.1) is 0 Å². The Morgan fingerprint density at radius 1 is 1.32 bits per heavy atom. The van der Waals surface area contributed by atoms with Crippen LogP contribution in [0.2, 0.25) is 0 Å². The summed E-state index contributed by atoms with van der Waals surface area (Å²) in [5.74, 6) is 0.264. The van der Waals surface area contributed by atoms with Crippen LogP contribution in [-0.4, -0.2) is 30.4 Å². The third-order valence-corrected chi connectivity index (χ3v) is 8.04. The molecule has 3 atom stereocenters. The average molecular weight is 285 g/mol. The van der Waals surface area contributed by atoms with Crippen LogP contribution < -0.4 is 0 Å². The lowest BCUT2D eigenvalue weighted by molar-refractivity contribution is -0.132. The molecule has 3 fully saturated rings. The highest BCUT2D eigenvalue weighted by Crippen LogP contribution is 2.70. The monoisotopic (exact) mass is 285 g/mol. The van der Waals surface area contributed by atoms with Crippen molar-refractivity contribution in [2.75, 3.05) is 5.75 Å². The van der Waals surface area contributed by atoms with Crippen molar-refractivity contribution in [3.63, 3.8) is 0 Å². The normalized spacial score (nSPS) is 41.8. The summed E-state index contributed by atoms with van der Waals surface area (Å²) in [6.45, 7) is 7.95. The molecule has 19 heavy (non-hydrogen) atoms. The van der Waals surface area contributed by atoms with Gasteiger partial charge in [-0.1, -0.05) is 27.7 Å². The second-order valence-electron chi connectivity index (χ2n) is 7.41. The predicted molar refractivity (Wildman–Crippen MR) is 72.8 cm³/mol. The molecule has 2 saturated carbocycles. The summed E-state index contributed by atoms with van der Waals surface area (Å²) in [5.41, 5.74) is -0.155. The van der Waals surface area contributed by atoms with E-state index in [-0.39, 0.29) is 34.4 Å². The third kappa shape index (κ3) is 1.40. The van der Waals surface area contributed by atoms with Gasteiger partial charge in [0.25, 0.3) is 0 Å². The number of hydrogen-bond acceptors (Lipinski definition) is 3. The van der Waals surface area contributed by atoms with Crippen molar-refractivity contribution in [1.29, 1.82) is 0 Å². The molecule has 0 unspecified atom stereocenters. The van der Waals surface area contributed by atoms with Gasteiger partial charge in [-0.25, -0.2) is 12.7 Å². The van der Waals surface area contributed by atoms with Gasteiger partial charge in [-0.05, 0) is 30.6 Å². The summed E-state index contributed by atoms with van der Waals surface area (Å²) < 4.78 is 26.3. The molecule has 0 radical (unpaired) electrons. The van der Waals surface area contributed by atoms with Crippen molar-refractivity contribution < 1.29 is 13.2 Å². The van der Waals surface area contributed by atoms with Gasteiger partial charge >= 0.3 is 0 Å². The minimum Gasteiger partial charge on any atom is -0.274 e. The van der Waals surface area contributed by atoms with Crippen LogP contribution >= 0.6 is 0 Å². The molecule has 1 spiro atoms. The van der Waals surface area contributed by atoms with Crippen molar-refractivity contribution in [2.24, 2.45) is 22.7 Å². The maximum atomic E-state index is 12.5. The van der Waals surface area contributed by atoms with Crippen molar-refractivity contribution >= 4 is 15.9 Å². The van der Waals surface area contributed by atoms with Crippen LogP contribution in [0.3, 0.4) is 0 Å². The highest BCUT2D eigenvalue weighted by atomic mass is 32.2. The smallest absolute Gasteiger partial charge is 0.238 e. The van der Waals surface area contributed by atoms with Crippen LogP contribution in [0.15, 0.2) is 0 Å². The zero-order valence-corrected chi connectivity index (χ0v) is 13.0. The summed E-state index contributed by atoms with van der Waals surface area (Å²) in [6, 6.07) is -0.0823. The summed E-state index contributed by atoms with van der Waals surface area (Å²) in [4.78, 5) is 12.3. The van der Waals surface area contributed by atoms with E-state index in [1.54, 1.807) is 13.8 Å². The second-order valence-corrected chi connectivity index (χ2v) is 9.26. The van der Waals surface area contributed by atoms with E-state index in [2.05, 4.69) is 13.8 Å². The lowest BCUT2D eigenvalue weighted by Crippen LogP contribution is -2.45. The number of carbonyl (C=O) groups is 1. The maximum absolute atomic E-state index is 12.5. The molecule has 1 amide bonds. The van der Waals surface area contributed by atoms with E-state index in [0.717, 1.165) is 19.3 Å². The standard InChI is InChI=1S/C14H23NO3S/c1-9(2)12(16)15-11-7-10-5-6-14(11,13(10,3)4)8-19(15,17)18/h9-11H,5-8H2,1-4H3/t10-,11-,14+/m1/s1. The average Bonchev–Trinajstić information content (AvgIpc) is 2.74. The van der Waals surface area contributed by atoms with Crippen LogP contribution in [0, 0.1) is 22.7 Å². The molecule has 3 rings (SSSR count). The summed E-state index contributed by atoms with van der Waals surface area (Å²) in [5, 5.41) is 0. The first-order valence-electron chi connectivity index (χ1n) is 7.19.